The molecule has 108 valence electrons. The van der Waals surface area contributed by atoms with Gasteiger partial charge in [-0.15, -0.1) is 0 Å². The number of hydrogen-bond donors (Lipinski definition) is 1. The van der Waals surface area contributed by atoms with Crippen LogP contribution in [0.1, 0.15) is 63.1 Å². The smallest absolute Gasteiger partial charge is 0.0205 e. The van der Waals surface area contributed by atoms with Gasteiger partial charge in [0, 0.05) is 13.1 Å². The molecule has 0 fully saturated rings. The maximum Gasteiger partial charge on any atom is 0.0205 e. The van der Waals surface area contributed by atoms with Gasteiger partial charge in [0.15, 0.2) is 0 Å². The normalized spacial score (nSPS) is 11.8. The Morgan fingerprint density at radius 2 is 1.63 bits per heavy atom. The molecule has 0 saturated heterocycles. The summed E-state index contributed by atoms with van der Waals surface area (Å²) >= 11 is 0. The van der Waals surface area contributed by atoms with E-state index < -0.39 is 0 Å². The van der Waals surface area contributed by atoms with Gasteiger partial charge in [-0.05, 0) is 31.2 Å². The summed E-state index contributed by atoms with van der Waals surface area (Å²) in [6.45, 7) is 13.4. The molecule has 0 radical (unpaired) electrons. The van der Waals surface area contributed by atoms with Crippen molar-refractivity contribution in [2.45, 2.75) is 66.8 Å². The lowest BCUT2D eigenvalue weighted by Crippen LogP contribution is -2.29. The molecule has 1 aromatic rings. The van der Waals surface area contributed by atoms with Crippen LogP contribution in [0.5, 0.6) is 0 Å². The van der Waals surface area contributed by atoms with Gasteiger partial charge in [0.05, 0.1) is 0 Å². The number of aryl methyl sites for hydroxylation is 2. The van der Waals surface area contributed by atoms with E-state index >= 15 is 0 Å². The van der Waals surface area contributed by atoms with Crippen molar-refractivity contribution in [2.24, 2.45) is 5.41 Å². The molecule has 0 saturated carbocycles. The van der Waals surface area contributed by atoms with E-state index in [0.717, 1.165) is 13.1 Å². The predicted molar refractivity (Wildman–Crippen MR) is 85.5 cm³/mol. The van der Waals surface area contributed by atoms with Crippen molar-refractivity contribution in [2.75, 3.05) is 6.54 Å². The summed E-state index contributed by atoms with van der Waals surface area (Å²) in [6, 6.07) is 6.80. The van der Waals surface area contributed by atoms with Crippen molar-refractivity contribution in [1.82, 2.24) is 5.32 Å². The Balaban J connectivity index is 2.36. The molecule has 0 heterocycles. The fraction of sp³-hybridized carbons (Fsp3) is 0.667. The molecule has 0 aliphatic carbocycles. The van der Waals surface area contributed by atoms with Gasteiger partial charge >= 0.3 is 0 Å². The standard InChI is InChI=1S/C18H31N/c1-6-7-8-9-18(4,5)14-19-13-17-11-15(2)10-16(3)12-17/h10-12,19H,6-9,13-14H2,1-5H3. The Morgan fingerprint density at radius 1 is 1.00 bits per heavy atom. The van der Waals surface area contributed by atoms with Crippen molar-refractivity contribution in [3.8, 4) is 0 Å². The molecule has 1 nitrogen and oxygen atoms in total. The summed E-state index contributed by atoms with van der Waals surface area (Å²) < 4.78 is 0. The summed E-state index contributed by atoms with van der Waals surface area (Å²) in [5.41, 5.74) is 4.54. The first-order valence-corrected chi connectivity index (χ1v) is 7.71. The Kier molecular flexibility index (Phi) is 6.57. The van der Waals surface area contributed by atoms with Gasteiger partial charge in [-0.2, -0.15) is 0 Å². The highest BCUT2D eigenvalue weighted by Crippen LogP contribution is 2.22. The van der Waals surface area contributed by atoms with E-state index in [4.69, 9.17) is 0 Å². The quantitative estimate of drug-likeness (QED) is 0.649. The van der Waals surface area contributed by atoms with Gasteiger partial charge in [-0.1, -0.05) is 69.4 Å². The molecule has 0 atom stereocenters. The Morgan fingerprint density at radius 3 is 2.21 bits per heavy atom. The number of hydrogen-bond acceptors (Lipinski definition) is 1. The van der Waals surface area contributed by atoms with Crippen LogP contribution in [0.4, 0.5) is 0 Å². The number of nitrogens with one attached hydrogen (secondary N) is 1. The fourth-order valence-corrected chi connectivity index (χ4v) is 2.66. The van der Waals surface area contributed by atoms with Crippen molar-refractivity contribution < 1.29 is 0 Å². The minimum absolute atomic E-state index is 0.411. The van der Waals surface area contributed by atoms with Crippen molar-refractivity contribution >= 4 is 0 Å². The molecule has 0 amide bonds. The Labute approximate surface area is 119 Å². The van der Waals surface area contributed by atoms with E-state index in [1.54, 1.807) is 0 Å². The first kappa shape index (κ1) is 16.2. The monoisotopic (exact) mass is 261 g/mol. The van der Waals surface area contributed by atoms with Gasteiger partial charge in [0.25, 0.3) is 0 Å². The summed E-state index contributed by atoms with van der Waals surface area (Å²) in [7, 11) is 0. The third-order valence-corrected chi connectivity index (χ3v) is 3.67. The topological polar surface area (TPSA) is 12.0 Å². The molecule has 1 aromatic carbocycles. The van der Waals surface area contributed by atoms with E-state index in [-0.39, 0.29) is 0 Å². The summed E-state index contributed by atoms with van der Waals surface area (Å²) in [6.07, 6.45) is 5.35. The highest BCUT2D eigenvalue weighted by molar-refractivity contribution is 5.28. The largest absolute Gasteiger partial charge is 0.312 e. The minimum Gasteiger partial charge on any atom is -0.312 e. The van der Waals surface area contributed by atoms with Gasteiger partial charge in [-0.3, -0.25) is 0 Å². The van der Waals surface area contributed by atoms with E-state index in [0.29, 0.717) is 5.41 Å². The Bertz CT molecular complexity index is 359. The first-order valence-electron chi connectivity index (χ1n) is 7.71. The van der Waals surface area contributed by atoms with Gasteiger partial charge < -0.3 is 5.32 Å². The van der Waals surface area contributed by atoms with Crippen LogP contribution in [0.25, 0.3) is 0 Å². The lowest BCUT2D eigenvalue weighted by atomic mass is 9.87. The van der Waals surface area contributed by atoms with E-state index in [1.807, 2.05) is 0 Å². The third kappa shape index (κ3) is 6.77. The second-order valence-electron chi connectivity index (χ2n) is 6.72. The van der Waals surface area contributed by atoms with Crippen LogP contribution in [0, 0.1) is 19.3 Å². The molecule has 1 N–H and O–H groups in total. The summed E-state index contributed by atoms with van der Waals surface area (Å²) in [4.78, 5) is 0. The second kappa shape index (κ2) is 7.69. The lowest BCUT2D eigenvalue weighted by molar-refractivity contribution is 0.302. The molecule has 19 heavy (non-hydrogen) atoms. The maximum absolute atomic E-state index is 3.62. The molecular formula is C18H31N. The average molecular weight is 261 g/mol. The lowest BCUT2D eigenvalue weighted by Gasteiger charge is -2.25. The molecule has 1 rings (SSSR count). The zero-order chi connectivity index (χ0) is 14.3. The van der Waals surface area contributed by atoms with Crippen LogP contribution in [-0.4, -0.2) is 6.54 Å². The molecule has 0 aliphatic rings. The number of unbranched alkanes of at least 4 members (excludes halogenated alkanes) is 2. The van der Waals surface area contributed by atoms with E-state index in [2.05, 4.69) is 58.1 Å². The zero-order valence-electron chi connectivity index (χ0n) is 13.5. The second-order valence-corrected chi connectivity index (χ2v) is 6.72. The van der Waals surface area contributed by atoms with Crippen LogP contribution >= 0.6 is 0 Å². The summed E-state index contributed by atoms with van der Waals surface area (Å²) in [5.74, 6) is 0. The molecule has 0 bridgehead atoms. The SMILES string of the molecule is CCCCCC(C)(C)CNCc1cc(C)cc(C)c1. The van der Waals surface area contributed by atoms with Crippen LogP contribution in [-0.2, 0) is 6.54 Å². The highest BCUT2D eigenvalue weighted by Gasteiger charge is 2.16. The minimum atomic E-state index is 0.411. The first-order chi connectivity index (χ1) is 8.93. The van der Waals surface area contributed by atoms with Crippen LogP contribution in [0.2, 0.25) is 0 Å². The number of benzene rings is 1. The highest BCUT2D eigenvalue weighted by atomic mass is 14.9. The summed E-state index contributed by atoms with van der Waals surface area (Å²) in [5, 5.41) is 3.62. The average Bonchev–Trinajstić information content (AvgIpc) is 2.27. The molecule has 0 aliphatic heterocycles. The Hall–Kier alpha value is -0.820. The van der Waals surface area contributed by atoms with Gasteiger partial charge in [-0.25, -0.2) is 0 Å². The van der Waals surface area contributed by atoms with Crippen LogP contribution in [0.15, 0.2) is 18.2 Å². The predicted octanol–water partition coefficient (Wildman–Crippen LogP) is 5.00. The molecule has 0 aromatic heterocycles. The molecule has 0 spiro atoms. The van der Waals surface area contributed by atoms with Crippen molar-refractivity contribution in [1.29, 1.82) is 0 Å². The van der Waals surface area contributed by atoms with E-state index in [1.165, 1.54) is 42.4 Å². The molecule has 0 unspecified atom stereocenters. The maximum atomic E-state index is 3.62. The third-order valence-electron chi connectivity index (χ3n) is 3.67. The van der Waals surface area contributed by atoms with Gasteiger partial charge in [0.2, 0.25) is 0 Å². The van der Waals surface area contributed by atoms with Gasteiger partial charge in [0.1, 0.15) is 0 Å². The van der Waals surface area contributed by atoms with E-state index in [9.17, 15) is 0 Å². The van der Waals surface area contributed by atoms with Crippen LogP contribution in [0.3, 0.4) is 0 Å². The van der Waals surface area contributed by atoms with Crippen LogP contribution < -0.4 is 5.32 Å². The van der Waals surface area contributed by atoms with Crippen molar-refractivity contribution in [3.63, 3.8) is 0 Å². The molecule has 1 heteroatoms. The van der Waals surface area contributed by atoms with Crippen molar-refractivity contribution in [3.05, 3.63) is 34.9 Å². The number of rotatable bonds is 8. The molecular weight excluding hydrogens is 230 g/mol. The fourth-order valence-electron chi connectivity index (χ4n) is 2.66. The zero-order valence-corrected chi connectivity index (χ0v) is 13.5.